The summed E-state index contributed by atoms with van der Waals surface area (Å²) in [5.41, 5.74) is 0.303. The molecule has 0 fully saturated rings. The van der Waals surface area contributed by atoms with Gasteiger partial charge in [0.25, 0.3) is 11.6 Å². The van der Waals surface area contributed by atoms with E-state index >= 15 is 0 Å². The summed E-state index contributed by atoms with van der Waals surface area (Å²) in [7, 11) is 1.39. The van der Waals surface area contributed by atoms with Crippen LogP contribution in [0.4, 0.5) is 11.4 Å². The number of methoxy groups -OCH3 is 1. The highest BCUT2D eigenvalue weighted by atomic mass is 16.6. The van der Waals surface area contributed by atoms with Gasteiger partial charge in [0.05, 0.1) is 24.7 Å². The monoisotopic (exact) mass is 344 g/mol. The number of carbonyl (C=O) groups is 1. The van der Waals surface area contributed by atoms with Gasteiger partial charge >= 0.3 is 0 Å². The van der Waals surface area contributed by atoms with Crippen molar-refractivity contribution in [2.75, 3.05) is 25.2 Å². The highest BCUT2D eigenvalue weighted by molar-refractivity contribution is 6.09. The molecule has 0 heterocycles. The molecule has 0 spiro atoms. The molecule has 25 heavy (non-hydrogen) atoms. The third kappa shape index (κ3) is 3.88. The first-order valence-electron chi connectivity index (χ1n) is 7.89. The lowest BCUT2D eigenvalue weighted by atomic mass is 10.1. The Bertz CT molecular complexity index is 762. The Kier molecular flexibility index (Phi) is 5.94. The number of benzene rings is 2. The van der Waals surface area contributed by atoms with Gasteiger partial charge in [0, 0.05) is 18.3 Å². The number of para-hydroxylation sites is 1. The van der Waals surface area contributed by atoms with Crippen molar-refractivity contribution in [1.29, 1.82) is 0 Å². The molecule has 0 atom stereocenters. The quantitative estimate of drug-likeness (QED) is 0.565. The predicted octanol–water partition coefficient (Wildman–Crippen LogP) is 3.67. The standard InChI is InChI=1S/C18H20N2O5/c1-4-19(13-9-7-6-8-10-13)18(21)14-11-17(25-5-2)16(24-3)12-15(14)20(22)23/h6-12H,4-5H2,1-3H3. The molecule has 0 bridgehead atoms. The van der Waals surface area contributed by atoms with E-state index in [1.54, 1.807) is 31.2 Å². The number of hydrogen-bond acceptors (Lipinski definition) is 5. The fraction of sp³-hybridized carbons (Fsp3) is 0.278. The average molecular weight is 344 g/mol. The third-order valence-electron chi connectivity index (χ3n) is 3.64. The molecule has 0 aliphatic carbocycles. The number of rotatable bonds is 7. The zero-order valence-corrected chi connectivity index (χ0v) is 14.4. The highest BCUT2D eigenvalue weighted by Crippen LogP contribution is 2.35. The van der Waals surface area contributed by atoms with Crippen LogP contribution in [0, 0.1) is 10.1 Å². The number of amides is 1. The summed E-state index contributed by atoms with van der Waals surface area (Å²) in [6.45, 7) is 4.31. The zero-order chi connectivity index (χ0) is 18.4. The fourth-order valence-corrected chi connectivity index (χ4v) is 2.50. The molecule has 7 heteroatoms. The van der Waals surface area contributed by atoms with Crippen LogP contribution in [-0.2, 0) is 0 Å². The molecule has 0 aromatic heterocycles. The van der Waals surface area contributed by atoms with Gasteiger partial charge in [-0.05, 0) is 26.0 Å². The number of nitrogens with zero attached hydrogens (tertiary/aromatic N) is 2. The van der Waals surface area contributed by atoms with E-state index in [4.69, 9.17) is 9.47 Å². The first-order chi connectivity index (χ1) is 12.0. The maximum absolute atomic E-state index is 13.0. The van der Waals surface area contributed by atoms with Crippen molar-refractivity contribution in [1.82, 2.24) is 0 Å². The van der Waals surface area contributed by atoms with Crippen LogP contribution in [0.5, 0.6) is 11.5 Å². The van der Waals surface area contributed by atoms with Gasteiger partial charge in [0.1, 0.15) is 5.56 Å². The van der Waals surface area contributed by atoms with Gasteiger partial charge in [-0.3, -0.25) is 14.9 Å². The van der Waals surface area contributed by atoms with E-state index in [1.165, 1.54) is 24.1 Å². The Morgan fingerprint density at radius 1 is 1.16 bits per heavy atom. The number of anilines is 1. The van der Waals surface area contributed by atoms with Crippen LogP contribution in [-0.4, -0.2) is 31.1 Å². The van der Waals surface area contributed by atoms with Crippen LogP contribution in [0.3, 0.4) is 0 Å². The van der Waals surface area contributed by atoms with Crippen LogP contribution < -0.4 is 14.4 Å². The second-order valence-corrected chi connectivity index (χ2v) is 5.10. The van der Waals surface area contributed by atoms with E-state index in [-0.39, 0.29) is 17.0 Å². The Labute approximate surface area is 145 Å². The lowest BCUT2D eigenvalue weighted by Crippen LogP contribution is -2.31. The fourth-order valence-electron chi connectivity index (χ4n) is 2.50. The van der Waals surface area contributed by atoms with Crippen molar-refractivity contribution in [2.45, 2.75) is 13.8 Å². The van der Waals surface area contributed by atoms with Crippen molar-refractivity contribution >= 4 is 17.3 Å². The van der Waals surface area contributed by atoms with E-state index < -0.39 is 10.8 Å². The zero-order valence-electron chi connectivity index (χ0n) is 14.4. The van der Waals surface area contributed by atoms with Crippen LogP contribution in [0.15, 0.2) is 42.5 Å². The first-order valence-corrected chi connectivity index (χ1v) is 7.89. The summed E-state index contributed by atoms with van der Waals surface area (Å²) >= 11 is 0. The molecule has 0 saturated heterocycles. The molecule has 2 aromatic carbocycles. The molecular weight excluding hydrogens is 324 g/mol. The second-order valence-electron chi connectivity index (χ2n) is 5.10. The number of carbonyl (C=O) groups excluding carboxylic acids is 1. The molecule has 132 valence electrons. The van der Waals surface area contributed by atoms with Gasteiger partial charge in [0.2, 0.25) is 0 Å². The molecule has 0 saturated carbocycles. The smallest absolute Gasteiger partial charge is 0.286 e. The van der Waals surface area contributed by atoms with Gasteiger partial charge in [-0.1, -0.05) is 18.2 Å². The summed E-state index contributed by atoms with van der Waals surface area (Å²) in [5, 5.41) is 11.4. The minimum atomic E-state index is -0.593. The molecule has 0 aliphatic rings. The maximum atomic E-state index is 13.0. The molecule has 7 nitrogen and oxygen atoms in total. The van der Waals surface area contributed by atoms with Crippen molar-refractivity contribution in [3.63, 3.8) is 0 Å². The van der Waals surface area contributed by atoms with Gasteiger partial charge < -0.3 is 14.4 Å². The highest BCUT2D eigenvalue weighted by Gasteiger charge is 2.28. The minimum Gasteiger partial charge on any atom is -0.493 e. The summed E-state index contributed by atoms with van der Waals surface area (Å²) < 4.78 is 10.6. The molecule has 1 amide bonds. The number of nitro groups is 1. The SMILES string of the molecule is CCOc1cc(C(=O)N(CC)c2ccccc2)c([N+](=O)[O-])cc1OC. The largest absolute Gasteiger partial charge is 0.493 e. The van der Waals surface area contributed by atoms with Crippen LogP contribution in [0.2, 0.25) is 0 Å². The topological polar surface area (TPSA) is 81.9 Å². The minimum absolute atomic E-state index is 0.0417. The molecule has 0 radical (unpaired) electrons. The second kappa shape index (κ2) is 8.14. The summed E-state index contributed by atoms with van der Waals surface area (Å²) in [6, 6.07) is 11.6. The summed E-state index contributed by atoms with van der Waals surface area (Å²) in [6.07, 6.45) is 0. The van der Waals surface area contributed by atoms with E-state index in [0.29, 0.717) is 24.6 Å². The Balaban J connectivity index is 2.56. The van der Waals surface area contributed by atoms with Crippen molar-refractivity contribution in [2.24, 2.45) is 0 Å². The third-order valence-corrected chi connectivity index (χ3v) is 3.64. The lowest BCUT2D eigenvalue weighted by molar-refractivity contribution is -0.385. The van der Waals surface area contributed by atoms with E-state index in [2.05, 4.69) is 0 Å². The van der Waals surface area contributed by atoms with Gasteiger partial charge in [-0.25, -0.2) is 0 Å². The molecule has 2 aromatic rings. The Hall–Kier alpha value is -3.09. The maximum Gasteiger partial charge on any atom is 0.286 e. The molecule has 0 unspecified atom stereocenters. The van der Waals surface area contributed by atoms with Crippen LogP contribution in [0.25, 0.3) is 0 Å². The molecule has 0 aliphatic heterocycles. The van der Waals surface area contributed by atoms with Crippen LogP contribution >= 0.6 is 0 Å². The van der Waals surface area contributed by atoms with Crippen molar-refractivity contribution in [3.05, 3.63) is 58.1 Å². The number of hydrogen-bond donors (Lipinski definition) is 0. The number of ether oxygens (including phenoxy) is 2. The molecule has 0 N–H and O–H groups in total. The van der Waals surface area contributed by atoms with Crippen LogP contribution in [0.1, 0.15) is 24.2 Å². The van der Waals surface area contributed by atoms with E-state index in [9.17, 15) is 14.9 Å². The first kappa shape index (κ1) is 18.3. The Morgan fingerprint density at radius 3 is 2.36 bits per heavy atom. The van der Waals surface area contributed by atoms with E-state index in [1.807, 2.05) is 13.0 Å². The van der Waals surface area contributed by atoms with Gasteiger partial charge in [0.15, 0.2) is 11.5 Å². The molecular formula is C18H20N2O5. The Morgan fingerprint density at radius 2 is 1.84 bits per heavy atom. The molecule has 2 rings (SSSR count). The normalized spacial score (nSPS) is 10.2. The van der Waals surface area contributed by atoms with Crippen molar-refractivity contribution < 1.29 is 19.2 Å². The van der Waals surface area contributed by atoms with E-state index in [0.717, 1.165) is 0 Å². The average Bonchev–Trinajstić information content (AvgIpc) is 2.62. The van der Waals surface area contributed by atoms with Crippen molar-refractivity contribution in [3.8, 4) is 11.5 Å². The predicted molar refractivity (Wildman–Crippen MR) is 94.6 cm³/mol. The summed E-state index contributed by atoms with van der Waals surface area (Å²) in [5.74, 6) is 0.0416. The van der Waals surface area contributed by atoms with Gasteiger partial charge in [-0.15, -0.1) is 0 Å². The lowest BCUT2D eigenvalue weighted by Gasteiger charge is -2.21. The van der Waals surface area contributed by atoms with Gasteiger partial charge in [-0.2, -0.15) is 0 Å². The summed E-state index contributed by atoms with van der Waals surface area (Å²) in [4.78, 5) is 25.3. The number of nitro benzene ring substituents is 1.